The molecule has 0 bridgehead atoms. The molecule has 0 aromatic carbocycles. The second-order valence-electron chi connectivity index (χ2n) is 3.53. The number of nitrogens with zero attached hydrogens (tertiary/aromatic N) is 2. The number of aromatic nitrogens is 2. The van der Waals surface area contributed by atoms with Crippen molar-refractivity contribution >= 4 is 17.2 Å². The monoisotopic (exact) mass is 235 g/mol. The molecule has 0 aliphatic heterocycles. The molecular formula is C11H13N3OS. The molecule has 0 atom stereocenters. The van der Waals surface area contributed by atoms with Crippen LogP contribution in [-0.4, -0.2) is 15.5 Å². The molecule has 2 heterocycles. The van der Waals surface area contributed by atoms with Crippen LogP contribution in [-0.2, 0) is 13.6 Å². The molecule has 84 valence electrons. The summed E-state index contributed by atoms with van der Waals surface area (Å²) in [5.74, 6) is -0.0479. The standard InChI is InChI=1S/C11H13N3OS/c1-8-9(3-5-14(8)2)11(15)13-7-10-12-4-6-16-10/h3-6H,7H2,1-2H3,(H,13,15). The number of carbonyl (C=O) groups excluding carboxylic acids is 1. The Bertz CT molecular complexity index is 487. The first-order valence-electron chi connectivity index (χ1n) is 4.97. The highest BCUT2D eigenvalue weighted by Gasteiger charge is 2.11. The van der Waals surface area contributed by atoms with Gasteiger partial charge in [-0.1, -0.05) is 0 Å². The van der Waals surface area contributed by atoms with Gasteiger partial charge in [0.25, 0.3) is 5.91 Å². The van der Waals surface area contributed by atoms with Crippen LogP contribution in [0.1, 0.15) is 21.1 Å². The summed E-state index contributed by atoms with van der Waals surface area (Å²) in [6.07, 6.45) is 3.62. The molecule has 16 heavy (non-hydrogen) atoms. The van der Waals surface area contributed by atoms with Crippen LogP contribution in [0.25, 0.3) is 0 Å². The third-order valence-corrected chi connectivity index (χ3v) is 3.29. The quantitative estimate of drug-likeness (QED) is 0.880. The Morgan fingerprint density at radius 2 is 2.44 bits per heavy atom. The van der Waals surface area contributed by atoms with Crippen LogP contribution in [0.5, 0.6) is 0 Å². The van der Waals surface area contributed by atoms with E-state index in [1.54, 1.807) is 6.20 Å². The predicted octanol–water partition coefficient (Wildman–Crippen LogP) is 1.72. The van der Waals surface area contributed by atoms with Crippen LogP contribution in [0.2, 0.25) is 0 Å². The molecular weight excluding hydrogens is 222 g/mol. The summed E-state index contributed by atoms with van der Waals surface area (Å²) in [5, 5.41) is 5.67. The third-order valence-electron chi connectivity index (χ3n) is 2.51. The Kier molecular flexibility index (Phi) is 3.05. The van der Waals surface area contributed by atoms with Crippen molar-refractivity contribution in [3.63, 3.8) is 0 Å². The molecule has 0 aliphatic rings. The summed E-state index contributed by atoms with van der Waals surface area (Å²) in [4.78, 5) is 15.9. The molecule has 2 rings (SSSR count). The van der Waals surface area contributed by atoms with Crippen LogP contribution < -0.4 is 5.32 Å². The normalized spacial score (nSPS) is 10.4. The van der Waals surface area contributed by atoms with Gasteiger partial charge in [0.15, 0.2) is 0 Å². The van der Waals surface area contributed by atoms with Gasteiger partial charge in [-0.25, -0.2) is 4.98 Å². The molecule has 0 radical (unpaired) electrons. The maximum atomic E-state index is 11.8. The Balaban J connectivity index is 2.01. The third kappa shape index (κ3) is 2.14. The smallest absolute Gasteiger partial charge is 0.253 e. The van der Waals surface area contributed by atoms with E-state index in [-0.39, 0.29) is 5.91 Å². The van der Waals surface area contributed by atoms with E-state index < -0.39 is 0 Å². The average molecular weight is 235 g/mol. The number of thiazole rings is 1. The van der Waals surface area contributed by atoms with Crippen LogP contribution >= 0.6 is 11.3 Å². The van der Waals surface area contributed by atoms with Crippen molar-refractivity contribution in [2.24, 2.45) is 7.05 Å². The highest BCUT2D eigenvalue weighted by molar-refractivity contribution is 7.09. The van der Waals surface area contributed by atoms with Crippen LogP contribution in [0.15, 0.2) is 23.8 Å². The maximum Gasteiger partial charge on any atom is 0.253 e. The van der Waals surface area contributed by atoms with Crippen LogP contribution in [0.3, 0.4) is 0 Å². The van der Waals surface area contributed by atoms with E-state index in [1.165, 1.54) is 11.3 Å². The SMILES string of the molecule is Cc1c(C(=O)NCc2nccs2)ccn1C. The number of hydrogen-bond donors (Lipinski definition) is 1. The first-order chi connectivity index (χ1) is 7.68. The molecule has 1 amide bonds. The zero-order chi connectivity index (χ0) is 11.5. The Morgan fingerprint density at radius 3 is 3.00 bits per heavy atom. The fraction of sp³-hybridized carbons (Fsp3) is 0.273. The number of rotatable bonds is 3. The van der Waals surface area contributed by atoms with Crippen molar-refractivity contribution in [1.29, 1.82) is 0 Å². The van der Waals surface area contributed by atoms with Crippen molar-refractivity contribution < 1.29 is 4.79 Å². The molecule has 0 saturated carbocycles. The zero-order valence-corrected chi connectivity index (χ0v) is 10.0. The lowest BCUT2D eigenvalue weighted by atomic mass is 10.2. The summed E-state index contributed by atoms with van der Waals surface area (Å²) >= 11 is 1.54. The van der Waals surface area contributed by atoms with Crippen molar-refractivity contribution in [2.45, 2.75) is 13.5 Å². The molecule has 4 nitrogen and oxygen atoms in total. The van der Waals surface area contributed by atoms with Gasteiger partial charge >= 0.3 is 0 Å². The summed E-state index contributed by atoms with van der Waals surface area (Å²) in [5.41, 5.74) is 1.69. The van der Waals surface area contributed by atoms with E-state index in [4.69, 9.17) is 0 Å². The second kappa shape index (κ2) is 4.49. The average Bonchev–Trinajstić information content (AvgIpc) is 2.88. The van der Waals surface area contributed by atoms with E-state index in [0.717, 1.165) is 16.3 Å². The molecule has 0 saturated heterocycles. The zero-order valence-electron chi connectivity index (χ0n) is 9.23. The lowest BCUT2D eigenvalue weighted by Crippen LogP contribution is -2.23. The second-order valence-corrected chi connectivity index (χ2v) is 4.51. The van der Waals surface area contributed by atoms with Gasteiger partial charge in [0.05, 0.1) is 12.1 Å². The van der Waals surface area contributed by atoms with E-state index >= 15 is 0 Å². The van der Waals surface area contributed by atoms with Crippen molar-refractivity contribution in [1.82, 2.24) is 14.9 Å². The highest BCUT2D eigenvalue weighted by Crippen LogP contribution is 2.09. The van der Waals surface area contributed by atoms with Crippen LogP contribution in [0, 0.1) is 6.92 Å². The van der Waals surface area contributed by atoms with Crippen molar-refractivity contribution in [3.8, 4) is 0 Å². The number of nitrogens with one attached hydrogen (secondary N) is 1. The highest BCUT2D eigenvalue weighted by atomic mass is 32.1. The number of aryl methyl sites for hydroxylation is 1. The summed E-state index contributed by atoms with van der Waals surface area (Å²) in [7, 11) is 1.92. The molecule has 0 fully saturated rings. The van der Waals surface area contributed by atoms with Gasteiger partial charge in [0.1, 0.15) is 5.01 Å². The van der Waals surface area contributed by atoms with Gasteiger partial charge in [-0.2, -0.15) is 0 Å². The van der Waals surface area contributed by atoms with Gasteiger partial charge in [-0.05, 0) is 13.0 Å². The van der Waals surface area contributed by atoms with E-state index in [9.17, 15) is 4.79 Å². The molecule has 2 aromatic rings. The molecule has 2 aromatic heterocycles. The summed E-state index contributed by atoms with van der Waals surface area (Å²) in [6, 6.07) is 1.83. The Labute approximate surface area is 97.9 Å². The fourth-order valence-electron chi connectivity index (χ4n) is 1.44. The lowest BCUT2D eigenvalue weighted by Gasteiger charge is -2.03. The topological polar surface area (TPSA) is 46.9 Å². The van der Waals surface area contributed by atoms with Crippen molar-refractivity contribution in [3.05, 3.63) is 40.1 Å². The fourth-order valence-corrected chi connectivity index (χ4v) is 2.00. The number of carbonyl (C=O) groups is 1. The first kappa shape index (κ1) is 10.9. The number of amides is 1. The largest absolute Gasteiger partial charge is 0.354 e. The van der Waals surface area contributed by atoms with Gasteiger partial charge in [0.2, 0.25) is 0 Å². The molecule has 0 unspecified atom stereocenters. The Morgan fingerprint density at radius 1 is 1.62 bits per heavy atom. The molecule has 1 N–H and O–H groups in total. The lowest BCUT2D eigenvalue weighted by molar-refractivity contribution is 0.0950. The van der Waals surface area contributed by atoms with Gasteiger partial charge in [-0.15, -0.1) is 11.3 Å². The summed E-state index contributed by atoms with van der Waals surface area (Å²) in [6.45, 7) is 2.42. The van der Waals surface area contributed by atoms with Crippen LogP contribution in [0.4, 0.5) is 0 Å². The van der Waals surface area contributed by atoms with E-state index in [2.05, 4.69) is 10.3 Å². The predicted molar refractivity (Wildman–Crippen MR) is 63.4 cm³/mol. The molecule has 0 aliphatic carbocycles. The van der Waals surface area contributed by atoms with Gasteiger partial charge in [0, 0.05) is 30.5 Å². The number of hydrogen-bond acceptors (Lipinski definition) is 3. The first-order valence-corrected chi connectivity index (χ1v) is 5.85. The van der Waals surface area contributed by atoms with E-state index in [0.29, 0.717) is 6.54 Å². The minimum atomic E-state index is -0.0479. The van der Waals surface area contributed by atoms with E-state index in [1.807, 2.05) is 36.2 Å². The summed E-state index contributed by atoms with van der Waals surface area (Å²) < 4.78 is 1.93. The van der Waals surface area contributed by atoms with Crippen molar-refractivity contribution in [2.75, 3.05) is 0 Å². The molecule has 5 heteroatoms. The Hall–Kier alpha value is -1.62. The maximum absolute atomic E-state index is 11.8. The van der Waals surface area contributed by atoms with Gasteiger partial charge < -0.3 is 9.88 Å². The minimum Gasteiger partial charge on any atom is -0.354 e. The minimum absolute atomic E-state index is 0.0479. The van der Waals surface area contributed by atoms with Gasteiger partial charge in [-0.3, -0.25) is 4.79 Å². The molecule has 0 spiro atoms.